The molecule has 0 saturated carbocycles. The monoisotopic (exact) mass is 387 g/mol. The molecular formula is C20H21NO5S. The number of hydrogen-bond acceptors (Lipinski definition) is 6. The van der Waals surface area contributed by atoms with Crippen LogP contribution in [0.1, 0.15) is 17.4 Å². The molecular weight excluding hydrogens is 366 g/mol. The number of carbonyl (C=O) groups is 1. The lowest BCUT2D eigenvalue weighted by atomic mass is 10.1. The number of ether oxygens (including phenoxy) is 2. The third-order valence-electron chi connectivity index (χ3n) is 4.07. The molecule has 2 aromatic heterocycles. The van der Waals surface area contributed by atoms with Gasteiger partial charge in [-0.3, -0.25) is 4.79 Å². The van der Waals surface area contributed by atoms with Crippen LogP contribution in [0.25, 0.3) is 11.3 Å². The summed E-state index contributed by atoms with van der Waals surface area (Å²) in [5, 5.41) is 16.9. The standard InChI is InChI=1S/C20H21NO5S/c1-24-18-4-3-13(9-19(18)25-2)10-20(23)21-11-15(22)17-6-5-16(26-17)14-7-8-27-12-14/h3-9,12,15,22H,10-11H2,1-2H3,(H,21,23)/t15-/m0/s1. The van der Waals surface area contributed by atoms with Gasteiger partial charge >= 0.3 is 0 Å². The van der Waals surface area contributed by atoms with Gasteiger partial charge in [0, 0.05) is 10.9 Å². The maximum Gasteiger partial charge on any atom is 0.224 e. The average molecular weight is 387 g/mol. The van der Waals surface area contributed by atoms with E-state index in [1.54, 1.807) is 49.8 Å². The van der Waals surface area contributed by atoms with Crippen molar-refractivity contribution in [2.75, 3.05) is 20.8 Å². The zero-order chi connectivity index (χ0) is 19.2. The van der Waals surface area contributed by atoms with Gasteiger partial charge in [0.15, 0.2) is 11.5 Å². The lowest BCUT2D eigenvalue weighted by molar-refractivity contribution is -0.120. The Labute approximate surface area is 161 Å². The average Bonchev–Trinajstić information content (AvgIpc) is 3.37. The summed E-state index contributed by atoms with van der Waals surface area (Å²) >= 11 is 1.58. The molecule has 1 aromatic carbocycles. The molecule has 6 nitrogen and oxygen atoms in total. The number of carbonyl (C=O) groups excluding carboxylic acids is 1. The summed E-state index contributed by atoms with van der Waals surface area (Å²) in [7, 11) is 3.11. The number of nitrogens with one attached hydrogen (secondary N) is 1. The van der Waals surface area contributed by atoms with Crippen molar-refractivity contribution in [2.24, 2.45) is 0 Å². The molecule has 7 heteroatoms. The Hall–Kier alpha value is -2.77. The molecule has 0 spiro atoms. The molecule has 0 aliphatic carbocycles. The maximum absolute atomic E-state index is 12.2. The van der Waals surface area contributed by atoms with Gasteiger partial charge in [-0.25, -0.2) is 0 Å². The van der Waals surface area contributed by atoms with Gasteiger partial charge in [-0.2, -0.15) is 11.3 Å². The molecule has 0 saturated heterocycles. The van der Waals surface area contributed by atoms with Gasteiger partial charge in [-0.05, 0) is 41.3 Å². The van der Waals surface area contributed by atoms with Crippen LogP contribution >= 0.6 is 11.3 Å². The van der Waals surface area contributed by atoms with E-state index in [0.29, 0.717) is 23.0 Å². The molecule has 2 N–H and O–H groups in total. The topological polar surface area (TPSA) is 80.9 Å². The number of hydrogen-bond donors (Lipinski definition) is 2. The van der Waals surface area contributed by atoms with Crippen LogP contribution in [0.4, 0.5) is 0 Å². The molecule has 1 atom stereocenters. The Kier molecular flexibility index (Phi) is 6.16. The molecule has 0 aliphatic heterocycles. The van der Waals surface area contributed by atoms with Gasteiger partial charge in [0.2, 0.25) is 5.91 Å². The Balaban J connectivity index is 1.54. The van der Waals surface area contributed by atoms with Gasteiger partial charge < -0.3 is 24.3 Å². The summed E-state index contributed by atoms with van der Waals surface area (Å²) in [5.41, 5.74) is 1.76. The predicted octanol–water partition coefficient (Wildman–Crippen LogP) is 3.42. The first kappa shape index (κ1) is 19.0. The largest absolute Gasteiger partial charge is 0.493 e. The van der Waals surface area contributed by atoms with Crippen LogP contribution in [-0.2, 0) is 11.2 Å². The number of rotatable bonds is 8. The smallest absolute Gasteiger partial charge is 0.224 e. The van der Waals surface area contributed by atoms with Crippen LogP contribution < -0.4 is 14.8 Å². The van der Waals surface area contributed by atoms with Crippen molar-refractivity contribution in [1.29, 1.82) is 0 Å². The van der Waals surface area contributed by atoms with E-state index in [-0.39, 0.29) is 18.9 Å². The fourth-order valence-corrected chi connectivity index (χ4v) is 3.29. The summed E-state index contributed by atoms with van der Waals surface area (Å²) in [6, 6.07) is 10.8. The third kappa shape index (κ3) is 4.69. The number of amides is 1. The maximum atomic E-state index is 12.2. The zero-order valence-corrected chi connectivity index (χ0v) is 15.9. The van der Waals surface area contributed by atoms with E-state index in [1.807, 2.05) is 22.9 Å². The van der Waals surface area contributed by atoms with E-state index in [1.165, 1.54) is 0 Å². The number of benzene rings is 1. The minimum atomic E-state index is -0.910. The molecule has 2 heterocycles. The first-order valence-corrected chi connectivity index (χ1v) is 9.33. The summed E-state index contributed by atoms with van der Waals surface area (Å²) in [4.78, 5) is 12.2. The molecule has 142 valence electrons. The highest BCUT2D eigenvalue weighted by atomic mass is 32.1. The fraction of sp³-hybridized carbons (Fsp3) is 0.250. The van der Waals surface area contributed by atoms with Crippen molar-refractivity contribution in [2.45, 2.75) is 12.5 Å². The first-order valence-electron chi connectivity index (χ1n) is 8.38. The van der Waals surface area contributed by atoms with E-state index >= 15 is 0 Å². The van der Waals surface area contributed by atoms with Crippen molar-refractivity contribution < 1.29 is 23.8 Å². The Morgan fingerprint density at radius 2 is 2.00 bits per heavy atom. The Morgan fingerprint density at radius 3 is 2.70 bits per heavy atom. The van der Waals surface area contributed by atoms with Crippen LogP contribution in [0.3, 0.4) is 0 Å². The second-order valence-corrected chi connectivity index (χ2v) is 6.68. The lowest BCUT2D eigenvalue weighted by Crippen LogP contribution is -2.29. The van der Waals surface area contributed by atoms with Crippen LogP contribution in [0.5, 0.6) is 11.5 Å². The number of thiophene rings is 1. The van der Waals surface area contributed by atoms with Crippen molar-refractivity contribution in [3.05, 3.63) is 58.5 Å². The highest BCUT2D eigenvalue weighted by Gasteiger charge is 2.15. The SMILES string of the molecule is COc1ccc(CC(=O)NC[C@H](O)c2ccc(-c3ccsc3)o2)cc1OC. The van der Waals surface area contributed by atoms with E-state index < -0.39 is 6.10 Å². The van der Waals surface area contributed by atoms with Crippen molar-refractivity contribution in [3.8, 4) is 22.8 Å². The lowest BCUT2D eigenvalue weighted by Gasteiger charge is -2.11. The minimum absolute atomic E-state index is 0.0721. The van der Waals surface area contributed by atoms with Gasteiger partial charge in [0.05, 0.1) is 27.2 Å². The number of aliphatic hydroxyl groups is 1. The molecule has 0 aliphatic rings. The van der Waals surface area contributed by atoms with E-state index in [9.17, 15) is 9.90 Å². The molecule has 0 bridgehead atoms. The highest BCUT2D eigenvalue weighted by Crippen LogP contribution is 2.28. The van der Waals surface area contributed by atoms with Crippen molar-refractivity contribution >= 4 is 17.2 Å². The Bertz CT molecular complexity index is 888. The molecule has 1 amide bonds. The minimum Gasteiger partial charge on any atom is -0.493 e. The number of furan rings is 1. The molecule has 3 aromatic rings. The summed E-state index contributed by atoms with van der Waals surface area (Å²) in [6.07, 6.45) is -0.738. The van der Waals surface area contributed by atoms with Crippen molar-refractivity contribution in [1.82, 2.24) is 5.32 Å². The van der Waals surface area contributed by atoms with Crippen LogP contribution in [0.15, 0.2) is 51.6 Å². The fourth-order valence-electron chi connectivity index (χ4n) is 2.64. The molecule has 3 rings (SSSR count). The molecule has 27 heavy (non-hydrogen) atoms. The van der Waals surface area contributed by atoms with Gasteiger partial charge in [0.1, 0.15) is 17.6 Å². The highest BCUT2D eigenvalue weighted by molar-refractivity contribution is 7.08. The molecule has 0 fully saturated rings. The first-order chi connectivity index (χ1) is 13.1. The third-order valence-corrected chi connectivity index (χ3v) is 4.75. The van der Waals surface area contributed by atoms with Crippen LogP contribution in [-0.4, -0.2) is 31.8 Å². The van der Waals surface area contributed by atoms with E-state index in [4.69, 9.17) is 13.9 Å². The van der Waals surface area contributed by atoms with Crippen LogP contribution in [0, 0.1) is 0 Å². The normalized spacial score (nSPS) is 11.8. The van der Waals surface area contributed by atoms with Gasteiger partial charge in [-0.1, -0.05) is 6.07 Å². The predicted molar refractivity (Wildman–Crippen MR) is 103 cm³/mol. The second kappa shape index (κ2) is 8.75. The second-order valence-electron chi connectivity index (χ2n) is 5.90. The zero-order valence-electron chi connectivity index (χ0n) is 15.1. The quantitative estimate of drug-likeness (QED) is 0.619. The Morgan fingerprint density at radius 1 is 1.19 bits per heavy atom. The molecule has 0 radical (unpaired) electrons. The summed E-state index contributed by atoms with van der Waals surface area (Å²) < 4.78 is 16.1. The summed E-state index contributed by atoms with van der Waals surface area (Å²) in [6.45, 7) is 0.0721. The van der Waals surface area contributed by atoms with Crippen LogP contribution in [0.2, 0.25) is 0 Å². The van der Waals surface area contributed by atoms with Gasteiger partial charge in [0.25, 0.3) is 0 Å². The van der Waals surface area contributed by atoms with E-state index in [2.05, 4.69) is 5.32 Å². The summed E-state index contributed by atoms with van der Waals surface area (Å²) in [5.74, 6) is 2.09. The number of aliphatic hydroxyl groups excluding tert-OH is 1. The van der Waals surface area contributed by atoms with E-state index in [0.717, 1.165) is 11.1 Å². The van der Waals surface area contributed by atoms with Gasteiger partial charge in [-0.15, -0.1) is 0 Å². The van der Waals surface area contributed by atoms with Crippen molar-refractivity contribution in [3.63, 3.8) is 0 Å². The number of methoxy groups -OCH3 is 2. The molecule has 0 unspecified atom stereocenters.